The number of anilines is 1. The highest BCUT2D eigenvalue weighted by Gasteiger charge is 2.22. The van der Waals surface area contributed by atoms with Gasteiger partial charge in [-0.1, -0.05) is 12.1 Å². The van der Waals surface area contributed by atoms with Gasteiger partial charge in [-0.15, -0.1) is 0 Å². The Bertz CT molecular complexity index is 1390. The summed E-state index contributed by atoms with van der Waals surface area (Å²) in [7, 11) is 0. The van der Waals surface area contributed by atoms with Gasteiger partial charge in [0.1, 0.15) is 17.4 Å². The van der Waals surface area contributed by atoms with Crippen molar-refractivity contribution in [3.8, 4) is 17.6 Å². The van der Waals surface area contributed by atoms with Gasteiger partial charge in [-0.25, -0.2) is 0 Å². The number of halogens is 2. The van der Waals surface area contributed by atoms with Crippen LogP contribution in [0.3, 0.4) is 0 Å². The van der Waals surface area contributed by atoms with Gasteiger partial charge in [0.05, 0.1) is 20.4 Å². The van der Waals surface area contributed by atoms with Crippen molar-refractivity contribution in [1.82, 2.24) is 0 Å². The number of hydrogen-bond donors (Lipinski definition) is 1. The number of nitrogens with zero attached hydrogens (tertiary/aromatic N) is 3. The van der Waals surface area contributed by atoms with E-state index in [1.165, 1.54) is 12.1 Å². The number of hydrogen-bond acceptors (Lipinski definition) is 7. The minimum Gasteiger partial charge on any atom is -0.449 e. The number of nitrogens with one attached hydrogen (secondary N) is 1. The number of benzene rings is 3. The van der Waals surface area contributed by atoms with Gasteiger partial charge in [0.15, 0.2) is 0 Å². The molecule has 3 aromatic carbocycles. The smallest absolute Gasteiger partial charge is 0.318 e. The van der Waals surface area contributed by atoms with E-state index >= 15 is 0 Å². The van der Waals surface area contributed by atoms with E-state index in [0.29, 0.717) is 15.7 Å². The number of nitro groups is 2. The zero-order chi connectivity index (χ0) is 24.8. The topological polar surface area (TPSA) is 148 Å². The summed E-state index contributed by atoms with van der Waals surface area (Å²) >= 11 is 5.40. The van der Waals surface area contributed by atoms with Crippen LogP contribution in [0.25, 0.3) is 6.08 Å². The van der Waals surface area contributed by atoms with Crippen LogP contribution in [0.2, 0.25) is 0 Å². The highest BCUT2D eigenvalue weighted by molar-refractivity contribution is 14.1. The molecule has 1 amide bonds. The number of amides is 1. The van der Waals surface area contributed by atoms with Crippen molar-refractivity contribution in [1.29, 1.82) is 5.26 Å². The van der Waals surface area contributed by atoms with Gasteiger partial charge in [0.2, 0.25) is 5.75 Å². The van der Waals surface area contributed by atoms with Crippen LogP contribution >= 0.6 is 38.5 Å². The second-order valence-electron chi connectivity index (χ2n) is 6.59. The number of nitro benzene ring substituents is 2. The van der Waals surface area contributed by atoms with Crippen LogP contribution in [0, 0.1) is 35.1 Å². The van der Waals surface area contributed by atoms with Crippen molar-refractivity contribution in [2.75, 3.05) is 5.32 Å². The summed E-state index contributed by atoms with van der Waals surface area (Å²) in [6, 6.07) is 16.6. The van der Waals surface area contributed by atoms with E-state index in [0.717, 1.165) is 21.8 Å². The molecule has 3 aromatic rings. The van der Waals surface area contributed by atoms with Crippen LogP contribution in [0.5, 0.6) is 11.5 Å². The number of ether oxygens (including phenoxy) is 1. The molecule has 1 N–H and O–H groups in total. The van der Waals surface area contributed by atoms with E-state index in [9.17, 15) is 30.3 Å². The number of non-ortho nitro benzene ring substituents is 1. The Hall–Kier alpha value is -3.83. The lowest BCUT2D eigenvalue weighted by molar-refractivity contribution is -0.394. The molecule has 0 spiro atoms. The van der Waals surface area contributed by atoms with Crippen LogP contribution in [-0.4, -0.2) is 15.8 Å². The lowest BCUT2D eigenvalue weighted by Crippen LogP contribution is -2.13. The highest BCUT2D eigenvalue weighted by atomic mass is 127. The van der Waals surface area contributed by atoms with Crippen molar-refractivity contribution in [2.45, 2.75) is 0 Å². The molecule has 0 fully saturated rings. The molecule has 3 rings (SSSR count). The van der Waals surface area contributed by atoms with Crippen molar-refractivity contribution in [2.24, 2.45) is 0 Å². The van der Waals surface area contributed by atoms with E-state index < -0.39 is 27.1 Å². The highest BCUT2D eigenvalue weighted by Crippen LogP contribution is 2.37. The third kappa shape index (κ3) is 6.15. The summed E-state index contributed by atoms with van der Waals surface area (Å²) in [4.78, 5) is 33.2. The Balaban J connectivity index is 1.84. The van der Waals surface area contributed by atoms with Crippen LogP contribution in [-0.2, 0) is 4.79 Å². The maximum absolute atomic E-state index is 12.5. The maximum atomic E-state index is 12.5. The largest absolute Gasteiger partial charge is 0.449 e. The maximum Gasteiger partial charge on any atom is 0.318 e. The van der Waals surface area contributed by atoms with E-state index in [1.54, 1.807) is 30.3 Å². The van der Waals surface area contributed by atoms with Gasteiger partial charge in [-0.2, -0.15) is 5.26 Å². The molecule has 0 saturated carbocycles. The molecule has 34 heavy (non-hydrogen) atoms. The van der Waals surface area contributed by atoms with Crippen molar-refractivity contribution >= 4 is 67.6 Å². The molecular formula is C22H12BrIN4O6. The molecule has 0 bridgehead atoms. The lowest BCUT2D eigenvalue weighted by Gasteiger charge is -2.09. The third-order valence-electron chi connectivity index (χ3n) is 4.28. The monoisotopic (exact) mass is 634 g/mol. The van der Waals surface area contributed by atoms with Crippen LogP contribution in [0.1, 0.15) is 5.56 Å². The lowest BCUT2D eigenvalue weighted by atomic mass is 10.1. The number of nitriles is 1. The summed E-state index contributed by atoms with van der Waals surface area (Å²) in [5.74, 6) is -0.576. The Morgan fingerprint density at radius 3 is 2.41 bits per heavy atom. The van der Waals surface area contributed by atoms with E-state index in [2.05, 4.69) is 43.8 Å². The summed E-state index contributed by atoms with van der Waals surface area (Å²) in [5, 5.41) is 34.3. The van der Waals surface area contributed by atoms with Gasteiger partial charge in [0, 0.05) is 15.3 Å². The van der Waals surface area contributed by atoms with Crippen LogP contribution in [0.15, 0.2) is 70.7 Å². The second-order valence-corrected chi connectivity index (χ2v) is 8.69. The Morgan fingerprint density at radius 1 is 1.06 bits per heavy atom. The molecule has 12 heteroatoms. The van der Waals surface area contributed by atoms with E-state index in [-0.39, 0.29) is 17.1 Å². The fraction of sp³-hybridized carbons (Fsp3) is 0. The van der Waals surface area contributed by atoms with Crippen molar-refractivity contribution in [3.63, 3.8) is 0 Å². The molecule has 0 aliphatic heterocycles. The van der Waals surface area contributed by atoms with Gasteiger partial charge < -0.3 is 10.1 Å². The van der Waals surface area contributed by atoms with Gasteiger partial charge >= 0.3 is 5.69 Å². The fourth-order valence-corrected chi connectivity index (χ4v) is 3.76. The quantitative estimate of drug-likeness (QED) is 0.107. The predicted molar refractivity (Wildman–Crippen MR) is 135 cm³/mol. The summed E-state index contributed by atoms with van der Waals surface area (Å²) in [5.41, 5.74) is -0.0971. The van der Waals surface area contributed by atoms with Gasteiger partial charge in [0.25, 0.3) is 11.6 Å². The molecule has 0 heterocycles. The summed E-state index contributed by atoms with van der Waals surface area (Å²) in [6.45, 7) is 0. The molecule has 10 nitrogen and oxygen atoms in total. The molecule has 0 aromatic heterocycles. The second kappa shape index (κ2) is 10.9. The molecule has 0 atom stereocenters. The van der Waals surface area contributed by atoms with Crippen molar-refractivity contribution < 1.29 is 19.4 Å². The minimum absolute atomic E-state index is 0.134. The first kappa shape index (κ1) is 24.8. The Labute approximate surface area is 214 Å². The normalized spacial score (nSPS) is 10.8. The molecule has 0 saturated heterocycles. The molecule has 170 valence electrons. The molecule has 0 unspecified atom stereocenters. The summed E-state index contributed by atoms with van der Waals surface area (Å²) < 4.78 is 6.88. The number of rotatable bonds is 7. The van der Waals surface area contributed by atoms with Crippen LogP contribution in [0.4, 0.5) is 17.1 Å². The third-order valence-corrected chi connectivity index (χ3v) is 5.58. The Morgan fingerprint density at radius 2 is 1.79 bits per heavy atom. The molecule has 0 radical (unpaired) electrons. The fourth-order valence-electron chi connectivity index (χ4n) is 2.74. The van der Waals surface area contributed by atoms with Crippen molar-refractivity contribution in [3.05, 3.63) is 100 Å². The van der Waals surface area contributed by atoms with E-state index in [1.807, 2.05) is 12.1 Å². The zero-order valence-corrected chi connectivity index (χ0v) is 20.6. The SMILES string of the molecule is N#C/C(=C\c1ccc(Oc2ccc([N+](=O)[O-])cc2[N+](=O)[O-])c(Br)c1)C(=O)Nc1cccc(I)c1. The Kier molecular flexibility index (Phi) is 7.92. The molecule has 0 aliphatic carbocycles. The average molecular weight is 635 g/mol. The standard InChI is InChI=1S/C22H12BrIN4O6/c23-18-9-13(8-14(12-25)22(29)26-16-3-1-2-15(24)10-16)4-6-20(18)34-21-7-5-17(27(30)31)11-19(21)28(32)33/h1-11H,(H,26,29)/b14-8+. The first-order chi connectivity index (χ1) is 16.2. The predicted octanol–water partition coefficient (Wildman–Crippen LogP) is 6.21. The molecule has 0 aliphatic rings. The minimum atomic E-state index is -0.779. The number of carbonyl (C=O) groups excluding carboxylic acids is 1. The van der Waals surface area contributed by atoms with Gasteiger partial charge in [-0.05, 0) is 86.6 Å². The molecular weight excluding hydrogens is 623 g/mol. The zero-order valence-electron chi connectivity index (χ0n) is 16.9. The van der Waals surface area contributed by atoms with Gasteiger partial charge in [-0.3, -0.25) is 25.0 Å². The summed E-state index contributed by atoms with van der Waals surface area (Å²) in [6.07, 6.45) is 1.38. The van der Waals surface area contributed by atoms with E-state index in [4.69, 9.17) is 4.74 Å². The van der Waals surface area contributed by atoms with Crippen LogP contribution < -0.4 is 10.1 Å². The first-order valence-electron chi connectivity index (χ1n) is 9.27. The number of carbonyl (C=O) groups is 1. The average Bonchev–Trinajstić information content (AvgIpc) is 2.79. The first-order valence-corrected chi connectivity index (χ1v) is 11.1.